The average Bonchev–Trinajstić information content (AvgIpc) is 2.67. The number of morpholine rings is 1. The summed E-state index contributed by atoms with van der Waals surface area (Å²) in [5.74, 6) is 0.747. The fourth-order valence-electron chi connectivity index (χ4n) is 3.28. The SMILES string of the molecule is Cc1cc(C)c(C)c(SCc2cccc(S(=O)(=O)N3CCOCC3)c2)c1C. The number of ether oxygens (including phenoxy) is 1. The molecule has 0 spiro atoms. The van der Waals surface area contributed by atoms with Gasteiger partial charge >= 0.3 is 0 Å². The van der Waals surface area contributed by atoms with Gasteiger partial charge in [0.15, 0.2) is 0 Å². The molecule has 0 aliphatic carbocycles. The Labute approximate surface area is 167 Å². The Bertz CT molecular complexity index is 906. The zero-order chi connectivity index (χ0) is 19.6. The van der Waals surface area contributed by atoms with Gasteiger partial charge in [-0.2, -0.15) is 4.31 Å². The normalized spacial score (nSPS) is 15.9. The molecular formula is C21H27NO3S2. The van der Waals surface area contributed by atoms with E-state index in [1.165, 1.54) is 31.5 Å². The fourth-order valence-corrected chi connectivity index (χ4v) is 6.01. The molecule has 6 heteroatoms. The number of benzene rings is 2. The number of rotatable bonds is 5. The second-order valence-corrected chi connectivity index (χ2v) is 9.97. The number of hydrogen-bond donors (Lipinski definition) is 0. The van der Waals surface area contributed by atoms with Crippen LogP contribution in [-0.4, -0.2) is 39.0 Å². The predicted molar refractivity (Wildman–Crippen MR) is 111 cm³/mol. The van der Waals surface area contributed by atoms with Gasteiger partial charge in [-0.1, -0.05) is 18.2 Å². The molecule has 0 aromatic heterocycles. The van der Waals surface area contributed by atoms with E-state index in [9.17, 15) is 8.42 Å². The van der Waals surface area contributed by atoms with E-state index in [1.807, 2.05) is 18.2 Å². The molecule has 0 bridgehead atoms. The summed E-state index contributed by atoms with van der Waals surface area (Å²) in [7, 11) is -3.45. The van der Waals surface area contributed by atoms with E-state index < -0.39 is 10.0 Å². The molecular weight excluding hydrogens is 378 g/mol. The zero-order valence-electron chi connectivity index (χ0n) is 16.4. The maximum Gasteiger partial charge on any atom is 0.243 e. The highest BCUT2D eigenvalue weighted by Crippen LogP contribution is 2.33. The van der Waals surface area contributed by atoms with E-state index in [4.69, 9.17) is 4.74 Å². The lowest BCUT2D eigenvalue weighted by molar-refractivity contribution is 0.0730. The third kappa shape index (κ3) is 4.40. The Morgan fingerprint density at radius 1 is 1.00 bits per heavy atom. The van der Waals surface area contributed by atoms with Crippen LogP contribution in [0.25, 0.3) is 0 Å². The van der Waals surface area contributed by atoms with Gasteiger partial charge in [0.05, 0.1) is 18.1 Å². The molecule has 146 valence electrons. The smallest absolute Gasteiger partial charge is 0.243 e. The lowest BCUT2D eigenvalue weighted by Gasteiger charge is -2.26. The second-order valence-electron chi connectivity index (χ2n) is 7.04. The van der Waals surface area contributed by atoms with Crippen LogP contribution in [0.3, 0.4) is 0 Å². The highest BCUT2D eigenvalue weighted by Gasteiger charge is 2.26. The van der Waals surface area contributed by atoms with E-state index in [2.05, 4.69) is 33.8 Å². The molecule has 0 atom stereocenters. The van der Waals surface area contributed by atoms with Crippen molar-refractivity contribution < 1.29 is 13.2 Å². The first-order chi connectivity index (χ1) is 12.8. The summed E-state index contributed by atoms with van der Waals surface area (Å²) in [6.45, 7) is 10.3. The summed E-state index contributed by atoms with van der Waals surface area (Å²) in [4.78, 5) is 1.67. The molecule has 0 amide bonds. The molecule has 3 rings (SSSR count). The minimum absolute atomic E-state index is 0.372. The first-order valence-corrected chi connectivity index (χ1v) is 11.6. The van der Waals surface area contributed by atoms with Crippen molar-refractivity contribution >= 4 is 21.8 Å². The molecule has 0 saturated carbocycles. The quantitative estimate of drug-likeness (QED) is 0.698. The van der Waals surface area contributed by atoms with Crippen molar-refractivity contribution in [1.29, 1.82) is 0 Å². The van der Waals surface area contributed by atoms with Gasteiger partial charge in [-0.15, -0.1) is 11.8 Å². The minimum Gasteiger partial charge on any atom is -0.379 e. The van der Waals surface area contributed by atoms with Crippen LogP contribution in [0.4, 0.5) is 0 Å². The highest BCUT2D eigenvalue weighted by atomic mass is 32.2. The van der Waals surface area contributed by atoms with Gasteiger partial charge in [-0.25, -0.2) is 8.42 Å². The van der Waals surface area contributed by atoms with Gasteiger partial charge < -0.3 is 4.74 Å². The summed E-state index contributed by atoms with van der Waals surface area (Å²) < 4.78 is 32.5. The van der Waals surface area contributed by atoms with Gasteiger partial charge in [0.25, 0.3) is 0 Å². The van der Waals surface area contributed by atoms with Crippen molar-refractivity contribution in [3.05, 3.63) is 58.1 Å². The monoisotopic (exact) mass is 405 g/mol. The lowest BCUT2D eigenvalue weighted by Crippen LogP contribution is -2.40. The minimum atomic E-state index is -3.45. The van der Waals surface area contributed by atoms with Crippen molar-refractivity contribution in [3.8, 4) is 0 Å². The summed E-state index contributed by atoms with van der Waals surface area (Å²) in [6, 6.07) is 9.56. The molecule has 4 nitrogen and oxygen atoms in total. The van der Waals surface area contributed by atoms with Crippen molar-refractivity contribution in [2.24, 2.45) is 0 Å². The maximum atomic E-state index is 12.9. The summed E-state index contributed by atoms with van der Waals surface area (Å²) in [5.41, 5.74) is 6.22. The van der Waals surface area contributed by atoms with E-state index in [0.29, 0.717) is 31.2 Å². The van der Waals surface area contributed by atoms with E-state index >= 15 is 0 Å². The van der Waals surface area contributed by atoms with Crippen LogP contribution >= 0.6 is 11.8 Å². The summed E-state index contributed by atoms with van der Waals surface area (Å²) >= 11 is 1.78. The van der Waals surface area contributed by atoms with Crippen LogP contribution in [0.2, 0.25) is 0 Å². The Balaban J connectivity index is 1.81. The van der Waals surface area contributed by atoms with Crippen LogP contribution in [0.5, 0.6) is 0 Å². The van der Waals surface area contributed by atoms with Gasteiger partial charge in [-0.05, 0) is 67.6 Å². The molecule has 2 aromatic rings. The molecule has 2 aromatic carbocycles. The fraction of sp³-hybridized carbons (Fsp3) is 0.429. The van der Waals surface area contributed by atoms with Gasteiger partial charge in [0.2, 0.25) is 10.0 Å². The topological polar surface area (TPSA) is 46.6 Å². The molecule has 0 radical (unpaired) electrons. The van der Waals surface area contributed by atoms with Crippen LogP contribution < -0.4 is 0 Å². The first-order valence-electron chi connectivity index (χ1n) is 9.17. The number of aryl methyl sites for hydroxylation is 2. The molecule has 1 aliphatic rings. The van der Waals surface area contributed by atoms with E-state index in [-0.39, 0.29) is 0 Å². The Morgan fingerprint density at radius 2 is 1.63 bits per heavy atom. The zero-order valence-corrected chi connectivity index (χ0v) is 18.0. The number of sulfonamides is 1. The number of thioether (sulfide) groups is 1. The van der Waals surface area contributed by atoms with Crippen molar-refractivity contribution in [3.63, 3.8) is 0 Å². The standard InChI is InChI=1S/C21H27NO3S2/c1-15-12-16(2)18(4)21(17(15)3)26-14-19-6-5-7-20(13-19)27(23,24)22-8-10-25-11-9-22/h5-7,12-13H,8-11,14H2,1-4H3. The van der Waals surface area contributed by atoms with E-state index in [0.717, 1.165) is 11.3 Å². The predicted octanol–water partition coefficient (Wildman–Crippen LogP) is 4.23. The largest absolute Gasteiger partial charge is 0.379 e. The molecule has 1 saturated heterocycles. The van der Waals surface area contributed by atoms with Gasteiger partial charge in [-0.3, -0.25) is 0 Å². The third-order valence-corrected chi connectivity index (χ3v) is 8.46. The van der Waals surface area contributed by atoms with Gasteiger partial charge in [0.1, 0.15) is 0 Å². The molecule has 1 fully saturated rings. The Kier molecular flexibility index (Phi) is 6.31. The van der Waals surface area contributed by atoms with Crippen molar-refractivity contribution in [1.82, 2.24) is 4.31 Å². The van der Waals surface area contributed by atoms with E-state index in [1.54, 1.807) is 17.8 Å². The molecule has 0 N–H and O–H groups in total. The maximum absolute atomic E-state index is 12.9. The first kappa shape index (κ1) is 20.4. The van der Waals surface area contributed by atoms with Gasteiger partial charge in [0, 0.05) is 23.7 Å². The average molecular weight is 406 g/mol. The van der Waals surface area contributed by atoms with Crippen LogP contribution in [-0.2, 0) is 20.5 Å². The van der Waals surface area contributed by atoms with Crippen LogP contribution in [0.15, 0.2) is 40.1 Å². The number of hydrogen-bond acceptors (Lipinski definition) is 4. The Morgan fingerprint density at radius 3 is 2.26 bits per heavy atom. The van der Waals surface area contributed by atoms with Crippen LogP contribution in [0, 0.1) is 27.7 Å². The summed E-state index contributed by atoms with van der Waals surface area (Å²) in [5, 5.41) is 0. The second kappa shape index (κ2) is 8.35. The Hall–Kier alpha value is -1.34. The van der Waals surface area contributed by atoms with Crippen molar-refractivity contribution in [2.45, 2.75) is 43.2 Å². The molecule has 0 unspecified atom stereocenters. The summed E-state index contributed by atoms with van der Waals surface area (Å²) in [6.07, 6.45) is 0. The molecule has 1 heterocycles. The highest BCUT2D eigenvalue weighted by molar-refractivity contribution is 7.98. The van der Waals surface area contributed by atoms with Crippen molar-refractivity contribution in [2.75, 3.05) is 26.3 Å². The number of nitrogens with zero attached hydrogens (tertiary/aromatic N) is 1. The molecule has 1 aliphatic heterocycles. The molecule has 27 heavy (non-hydrogen) atoms. The third-order valence-electron chi connectivity index (χ3n) is 5.19. The lowest BCUT2D eigenvalue weighted by atomic mass is 10.0. The van der Waals surface area contributed by atoms with Crippen LogP contribution in [0.1, 0.15) is 27.8 Å².